The standard InChI is InChI=1S/C12H17NO4/c1-2-13(7-4-8-14)12(17)11-9(15)5-3-6-10(11)16/h3,5-6,14-16H,2,4,7-8H2,1H3. The van der Waals surface area contributed by atoms with E-state index >= 15 is 0 Å². The molecule has 0 heterocycles. The number of hydrogen-bond acceptors (Lipinski definition) is 4. The summed E-state index contributed by atoms with van der Waals surface area (Å²) in [6.07, 6.45) is 0.466. The Bertz CT molecular complexity index is 372. The number of benzene rings is 1. The zero-order valence-electron chi connectivity index (χ0n) is 9.76. The SMILES string of the molecule is CCN(CCCO)C(=O)c1c(O)cccc1O. The number of rotatable bonds is 5. The highest BCUT2D eigenvalue weighted by Crippen LogP contribution is 2.27. The molecule has 3 N–H and O–H groups in total. The molecule has 0 aliphatic carbocycles. The fourth-order valence-electron chi connectivity index (χ4n) is 1.57. The zero-order valence-corrected chi connectivity index (χ0v) is 9.76. The predicted octanol–water partition coefficient (Wildman–Crippen LogP) is 0.942. The van der Waals surface area contributed by atoms with Gasteiger partial charge in [-0.2, -0.15) is 0 Å². The van der Waals surface area contributed by atoms with Gasteiger partial charge in [-0.05, 0) is 25.5 Å². The van der Waals surface area contributed by atoms with Crippen LogP contribution in [0, 0.1) is 0 Å². The van der Waals surface area contributed by atoms with Crippen LogP contribution in [0.3, 0.4) is 0 Å². The quantitative estimate of drug-likeness (QED) is 0.714. The van der Waals surface area contributed by atoms with E-state index in [1.807, 2.05) is 0 Å². The number of amides is 1. The summed E-state index contributed by atoms with van der Waals surface area (Å²) in [5.74, 6) is -0.911. The first-order valence-corrected chi connectivity index (χ1v) is 5.52. The van der Waals surface area contributed by atoms with Gasteiger partial charge in [0.25, 0.3) is 5.91 Å². The summed E-state index contributed by atoms with van der Waals surface area (Å²) in [6.45, 7) is 2.63. The average Bonchev–Trinajstić information content (AvgIpc) is 2.30. The van der Waals surface area contributed by atoms with Gasteiger partial charge in [-0.15, -0.1) is 0 Å². The van der Waals surface area contributed by atoms with E-state index in [0.29, 0.717) is 19.5 Å². The number of carbonyl (C=O) groups excluding carboxylic acids is 1. The Morgan fingerprint density at radius 2 is 1.88 bits per heavy atom. The van der Waals surface area contributed by atoms with E-state index in [4.69, 9.17) is 5.11 Å². The summed E-state index contributed by atoms with van der Waals surface area (Å²) in [4.78, 5) is 13.5. The van der Waals surface area contributed by atoms with Crippen LogP contribution in [0.5, 0.6) is 11.5 Å². The lowest BCUT2D eigenvalue weighted by Crippen LogP contribution is -2.32. The molecule has 0 spiro atoms. The average molecular weight is 239 g/mol. The highest BCUT2D eigenvalue weighted by Gasteiger charge is 2.20. The summed E-state index contributed by atoms with van der Waals surface area (Å²) in [5, 5.41) is 27.9. The van der Waals surface area contributed by atoms with Crippen LogP contribution >= 0.6 is 0 Å². The molecule has 1 aromatic rings. The van der Waals surface area contributed by atoms with E-state index in [-0.39, 0.29) is 23.7 Å². The molecule has 5 heteroatoms. The number of carbonyl (C=O) groups is 1. The molecule has 0 saturated carbocycles. The van der Waals surface area contributed by atoms with E-state index < -0.39 is 5.91 Å². The van der Waals surface area contributed by atoms with Gasteiger partial charge in [0.15, 0.2) is 0 Å². The summed E-state index contributed by atoms with van der Waals surface area (Å²) in [7, 11) is 0. The van der Waals surface area contributed by atoms with Crippen LogP contribution in [-0.4, -0.2) is 45.8 Å². The van der Waals surface area contributed by atoms with Gasteiger partial charge in [0.2, 0.25) is 0 Å². The van der Waals surface area contributed by atoms with E-state index in [2.05, 4.69) is 0 Å². The highest BCUT2D eigenvalue weighted by molar-refractivity contribution is 5.99. The molecule has 94 valence electrons. The van der Waals surface area contributed by atoms with Gasteiger partial charge in [0.05, 0.1) is 0 Å². The molecule has 0 aliphatic heterocycles. The van der Waals surface area contributed by atoms with Crippen molar-refractivity contribution in [3.8, 4) is 11.5 Å². The minimum Gasteiger partial charge on any atom is -0.507 e. The van der Waals surface area contributed by atoms with Gasteiger partial charge in [-0.25, -0.2) is 0 Å². The van der Waals surface area contributed by atoms with Crippen LogP contribution in [-0.2, 0) is 0 Å². The van der Waals surface area contributed by atoms with Crippen molar-refractivity contribution in [3.05, 3.63) is 23.8 Å². The third kappa shape index (κ3) is 3.10. The second kappa shape index (κ2) is 6.10. The zero-order chi connectivity index (χ0) is 12.8. The fraction of sp³-hybridized carbons (Fsp3) is 0.417. The number of nitrogens with zero attached hydrogens (tertiary/aromatic N) is 1. The van der Waals surface area contributed by atoms with Gasteiger partial charge < -0.3 is 20.2 Å². The van der Waals surface area contributed by atoms with Crippen LogP contribution in [0.4, 0.5) is 0 Å². The molecule has 0 aliphatic rings. The molecule has 0 aromatic heterocycles. The normalized spacial score (nSPS) is 10.2. The Balaban J connectivity index is 2.93. The molecule has 1 rings (SSSR count). The number of aliphatic hydroxyl groups excluding tert-OH is 1. The summed E-state index contributed by atoms with van der Waals surface area (Å²) in [5.41, 5.74) is -0.0905. The van der Waals surface area contributed by atoms with Crippen LogP contribution in [0.1, 0.15) is 23.7 Å². The van der Waals surface area contributed by atoms with Crippen molar-refractivity contribution in [3.63, 3.8) is 0 Å². The van der Waals surface area contributed by atoms with Crippen LogP contribution in [0.25, 0.3) is 0 Å². The molecular formula is C12H17NO4. The fourth-order valence-corrected chi connectivity index (χ4v) is 1.57. The number of aromatic hydroxyl groups is 2. The van der Waals surface area contributed by atoms with E-state index in [1.165, 1.54) is 23.1 Å². The predicted molar refractivity (Wildman–Crippen MR) is 63.1 cm³/mol. The molecule has 0 unspecified atom stereocenters. The lowest BCUT2D eigenvalue weighted by molar-refractivity contribution is 0.0748. The van der Waals surface area contributed by atoms with Crippen molar-refractivity contribution in [2.45, 2.75) is 13.3 Å². The van der Waals surface area contributed by atoms with Crippen molar-refractivity contribution >= 4 is 5.91 Å². The molecule has 0 saturated heterocycles. The molecular weight excluding hydrogens is 222 g/mol. The Hall–Kier alpha value is -1.75. The number of phenolic OH excluding ortho intramolecular Hbond substituents is 2. The van der Waals surface area contributed by atoms with Crippen LogP contribution in [0.15, 0.2) is 18.2 Å². The monoisotopic (exact) mass is 239 g/mol. The topological polar surface area (TPSA) is 81.0 Å². The summed E-state index contributed by atoms with van der Waals surface area (Å²) in [6, 6.07) is 4.17. The largest absolute Gasteiger partial charge is 0.507 e. The smallest absolute Gasteiger partial charge is 0.261 e. The van der Waals surface area contributed by atoms with Gasteiger partial charge in [-0.3, -0.25) is 4.79 Å². The molecule has 1 amide bonds. The molecule has 5 nitrogen and oxygen atoms in total. The molecule has 1 aromatic carbocycles. The first-order chi connectivity index (χ1) is 8.11. The summed E-state index contributed by atoms with van der Waals surface area (Å²) < 4.78 is 0. The minimum absolute atomic E-state index is 0.00344. The minimum atomic E-state index is -0.434. The van der Waals surface area contributed by atoms with Crippen molar-refractivity contribution in [1.82, 2.24) is 4.90 Å². The molecule has 0 atom stereocenters. The Morgan fingerprint density at radius 1 is 1.29 bits per heavy atom. The van der Waals surface area contributed by atoms with Crippen LogP contribution < -0.4 is 0 Å². The second-order valence-corrected chi connectivity index (χ2v) is 3.63. The Labute approximate surface area is 99.9 Å². The first-order valence-electron chi connectivity index (χ1n) is 5.52. The van der Waals surface area contributed by atoms with E-state index in [0.717, 1.165) is 0 Å². The van der Waals surface area contributed by atoms with Gasteiger partial charge >= 0.3 is 0 Å². The second-order valence-electron chi connectivity index (χ2n) is 3.63. The molecule has 17 heavy (non-hydrogen) atoms. The third-order valence-electron chi connectivity index (χ3n) is 2.49. The van der Waals surface area contributed by atoms with Gasteiger partial charge in [0, 0.05) is 19.7 Å². The number of phenols is 2. The maximum absolute atomic E-state index is 12.0. The Kier molecular flexibility index (Phi) is 4.78. The lowest BCUT2D eigenvalue weighted by atomic mass is 10.1. The van der Waals surface area contributed by atoms with Crippen LogP contribution in [0.2, 0.25) is 0 Å². The maximum Gasteiger partial charge on any atom is 0.261 e. The van der Waals surface area contributed by atoms with E-state index in [1.54, 1.807) is 6.92 Å². The van der Waals surface area contributed by atoms with Crippen molar-refractivity contribution in [2.75, 3.05) is 19.7 Å². The number of aliphatic hydroxyl groups is 1. The molecule has 0 bridgehead atoms. The van der Waals surface area contributed by atoms with Crippen molar-refractivity contribution in [2.24, 2.45) is 0 Å². The number of hydrogen-bond donors (Lipinski definition) is 3. The maximum atomic E-state index is 12.0. The highest BCUT2D eigenvalue weighted by atomic mass is 16.3. The lowest BCUT2D eigenvalue weighted by Gasteiger charge is -2.21. The van der Waals surface area contributed by atoms with Gasteiger partial charge in [-0.1, -0.05) is 6.07 Å². The van der Waals surface area contributed by atoms with Crippen molar-refractivity contribution < 1.29 is 20.1 Å². The molecule has 0 fully saturated rings. The first kappa shape index (κ1) is 13.3. The third-order valence-corrected chi connectivity index (χ3v) is 2.49. The Morgan fingerprint density at radius 3 is 2.35 bits per heavy atom. The van der Waals surface area contributed by atoms with E-state index in [9.17, 15) is 15.0 Å². The van der Waals surface area contributed by atoms with Gasteiger partial charge in [0.1, 0.15) is 17.1 Å². The summed E-state index contributed by atoms with van der Waals surface area (Å²) >= 11 is 0. The molecule has 0 radical (unpaired) electrons. The van der Waals surface area contributed by atoms with Crippen molar-refractivity contribution in [1.29, 1.82) is 0 Å².